The summed E-state index contributed by atoms with van der Waals surface area (Å²) < 4.78 is 6.06. The van der Waals surface area contributed by atoms with Crippen LogP contribution in [0, 0.1) is 17.8 Å². The molecule has 7 atom stereocenters. The van der Waals surface area contributed by atoms with E-state index in [9.17, 15) is 48.3 Å². The van der Waals surface area contributed by atoms with E-state index in [0.717, 1.165) is 24.2 Å². The lowest BCUT2D eigenvalue weighted by Crippen LogP contribution is -2.59. The highest BCUT2D eigenvalue weighted by Crippen LogP contribution is 2.23. The minimum absolute atomic E-state index is 0.0236. The number of ether oxygens (including phenoxy) is 1. The number of amides is 8. The van der Waals surface area contributed by atoms with Crippen molar-refractivity contribution in [2.24, 2.45) is 17.8 Å². The largest absolute Gasteiger partial charge is 0.391 e. The van der Waals surface area contributed by atoms with Gasteiger partial charge in [-0.2, -0.15) is 0 Å². The van der Waals surface area contributed by atoms with Crippen LogP contribution in [-0.4, -0.2) is 197 Å². The highest BCUT2D eigenvalue weighted by Gasteiger charge is 2.41. The number of likely N-dealkylation sites (N-methyl/N-ethyl adjacent to an activating group) is 4. The molecular formula is C52H84N8O11. The van der Waals surface area contributed by atoms with E-state index in [1.165, 1.54) is 61.8 Å². The van der Waals surface area contributed by atoms with Crippen LogP contribution < -0.4 is 10.6 Å². The maximum Gasteiger partial charge on any atom is 0.247 e. The topological polar surface area (TPSA) is 227 Å². The summed E-state index contributed by atoms with van der Waals surface area (Å²) >= 11 is 0. The van der Waals surface area contributed by atoms with Crippen LogP contribution in [-0.2, 0) is 54.3 Å². The minimum atomic E-state index is -1.54. The molecule has 2 fully saturated rings. The second kappa shape index (κ2) is 27.4. The first kappa shape index (κ1) is 59.9. The molecule has 2 aliphatic heterocycles. The van der Waals surface area contributed by atoms with Gasteiger partial charge in [0.2, 0.25) is 47.3 Å². The lowest BCUT2D eigenvalue weighted by Gasteiger charge is -2.38. The maximum atomic E-state index is 14.8. The molecule has 0 bridgehead atoms. The predicted molar refractivity (Wildman–Crippen MR) is 268 cm³/mol. The Labute approximate surface area is 421 Å². The Hall–Kier alpha value is -5.43. The van der Waals surface area contributed by atoms with Crippen molar-refractivity contribution < 1.29 is 53.0 Å². The molecule has 2 aliphatic rings. The van der Waals surface area contributed by atoms with Gasteiger partial charge in [0, 0.05) is 74.1 Å². The number of aliphatic hydroxyl groups excluding tert-OH is 1. The zero-order valence-electron chi connectivity index (χ0n) is 44.7. The van der Waals surface area contributed by atoms with Gasteiger partial charge in [0.1, 0.15) is 30.2 Å². The summed E-state index contributed by atoms with van der Waals surface area (Å²) in [6.45, 7) is 14.3. The summed E-state index contributed by atoms with van der Waals surface area (Å²) in [4.78, 5) is 136. The van der Waals surface area contributed by atoms with Crippen LogP contribution in [0.3, 0.4) is 0 Å². The Morgan fingerprint density at radius 2 is 1.24 bits per heavy atom. The summed E-state index contributed by atoms with van der Waals surface area (Å²) in [7, 11) is 7.19. The van der Waals surface area contributed by atoms with Gasteiger partial charge in [0.05, 0.1) is 37.2 Å². The normalized spacial score (nSPS) is 25.0. The monoisotopic (exact) mass is 997 g/mol. The van der Waals surface area contributed by atoms with E-state index in [0.29, 0.717) is 18.7 Å². The third-order valence-corrected chi connectivity index (χ3v) is 13.2. The number of piperidine rings is 1. The molecule has 0 radical (unpaired) electrons. The zero-order valence-corrected chi connectivity index (χ0v) is 44.7. The Balaban J connectivity index is 2.19. The van der Waals surface area contributed by atoms with Crippen LogP contribution in [0.2, 0.25) is 0 Å². The number of nitrogens with zero attached hydrogens (tertiary/aromatic N) is 6. The van der Waals surface area contributed by atoms with Crippen molar-refractivity contribution in [1.29, 1.82) is 0 Å². The van der Waals surface area contributed by atoms with E-state index in [2.05, 4.69) is 10.6 Å². The molecule has 0 unspecified atom stereocenters. The van der Waals surface area contributed by atoms with Crippen molar-refractivity contribution in [2.45, 2.75) is 155 Å². The van der Waals surface area contributed by atoms with E-state index in [1.54, 1.807) is 56.0 Å². The molecule has 398 valence electrons. The number of hydrogen-bond acceptors (Lipinski definition) is 11. The molecular weight excluding hydrogens is 913 g/mol. The Morgan fingerprint density at radius 3 is 1.80 bits per heavy atom. The second-order valence-corrected chi connectivity index (χ2v) is 21.4. The van der Waals surface area contributed by atoms with Crippen molar-refractivity contribution in [2.75, 3.05) is 68.0 Å². The number of aliphatic hydroxyl groups is 1. The molecule has 2 heterocycles. The first-order valence-electron chi connectivity index (χ1n) is 25.2. The summed E-state index contributed by atoms with van der Waals surface area (Å²) in [5.74, 6) is -6.74. The van der Waals surface area contributed by atoms with Crippen molar-refractivity contribution in [3.63, 3.8) is 0 Å². The fourth-order valence-corrected chi connectivity index (χ4v) is 8.83. The van der Waals surface area contributed by atoms with Crippen LogP contribution in [0.5, 0.6) is 0 Å². The van der Waals surface area contributed by atoms with Crippen molar-refractivity contribution in [1.82, 2.24) is 40.0 Å². The summed E-state index contributed by atoms with van der Waals surface area (Å²) in [6, 6.07) is 2.62. The van der Waals surface area contributed by atoms with E-state index in [4.69, 9.17) is 4.74 Å². The van der Waals surface area contributed by atoms with Gasteiger partial charge in [-0.3, -0.25) is 43.2 Å². The highest BCUT2D eigenvalue weighted by atomic mass is 16.5. The predicted octanol–water partition coefficient (Wildman–Crippen LogP) is 2.27. The van der Waals surface area contributed by atoms with Gasteiger partial charge in [-0.1, -0.05) is 58.0 Å². The molecule has 19 nitrogen and oxygen atoms in total. The molecule has 3 rings (SSSR count). The SMILES string of the molecule is CC(C)C[C@H]1C(=O)N(C)[C@@H](CC(C)C)C(=O)N[C@H](C(=O)N2CCCCC2)CC(=O)N(C)CCC(=O)N(C)[C@@H](Cc2ccccc2)C(=O)N[C@@H]([C@@H](C)O)C(=O)N(C)CC(=O)C[C@@H](COC(C)(C)C)C(=O)N1C. The number of hydrogen-bond donors (Lipinski definition) is 3. The van der Waals surface area contributed by atoms with Crippen LogP contribution in [0.4, 0.5) is 0 Å². The third kappa shape index (κ3) is 18.3. The number of carbonyl (C=O) groups excluding carboxylic acids is 9. The Kier molecular flexibility index (Phi) is 23.1. The molecule has 2 saturated heterocycles. The van der Waals surface area contributed by atoms with Gasteiger partial charge in [0.25, 0.3) is 0 Å². The number of likely N-dealkylation sites (tertiary alicyclic amines) is 1. The van der Waals surface area contributed by atoms with Gasteiger partial charge in [-0.15, -0.1) is 0 Å². The maximum absolute atomic E-state index is 14.8. The average Bonchev–Trinajstić information content (AvgIpc) is 3.31. The highest BCUT2D eigenvalue weighted by molar-refractivity contribution is 5.98. The number of Topliss-reactive ketones (excluding diaryl/α,β-unsaturated/α-hetero) is 1. The van der Waals surface area contributed by atoms with Gasteiger partial charge in [0.15, 0.2) is 5.78 Å². The smallest absolute Gasteiger partial charge is 0.247 e. The fraction of sp³-hybridized carbons (Fsp3) is 0.712. The minimum Gasteiger partial charge on any atom is -0.391 e. The Bertz CT molecular complexity index is 2000. The molecule has 0 saturated carbocycles. The number of ketones is 1. The van der Waals surface area contributed by atoms with Crippen LogP contribution in [0.1, 0.15) is 112 Å². The van der Waals surface area contributed by atoms with Gasteiger partial charge in [-0.25, -0.2) is 0 Å². The molecule has 1 aromatic carbocycles. The number of rotatable bonds is 10. The second-order valence-electron chi connectivity index (χ2n) is 21.4. The van der Waals surface area contributed by atoms with Crippen LogP contribution >= 0.6 is 0 Å². The summed E-state index contributed by atoms with van der Waals surface area (Å²) in [5, 5.41) is 16.4. The van der Waals surface area contributed by atoms with E-state index in [-0.39, 0.29) is 50.7 Å². The quantitative estimate of drug-likeness (QED) is 0.308. The zero-order chi connectivity index (χ0) is 53.5. The molecule has 8 amide bonds. The van der Waals surface area contributed by atoms with Crippen LogP contribution in [0.25, 0.3) is 0 Å². The molecule has 19 heteroatoms. The third-order valence-electron chi connectivity index (χ3n) is 13.2. The molecule has 3 N–H and O–H groups in total. The summed E-state index contributed by atoms with van der Waals surface area (Å²) in [5.41, 5.74) is -0.0381. The van der Waals surface area contributed by atoms with Crippen molar-refractivity contribution in [3.8, 4) is 0 Å². The van der Waals surface area contributed by atoms with E-state index < -0.39 is 120 Å². The fourth-order valence-electron chi connectivity index (χ4n) is 8.83. The number of nitrogens with one attached hydrogen (secondary N) is 2. The van der Waals surface area contributed by atoms with Crippen molar-refractivity contribution in [3.05, 3.63) is 35.9 Å². The van der Waals surface area contributed by atoms with E-state index in [1.807, 2.05) is 27.7 Å². The van der Waals surface area contributed by atoms with Gasteiger partial charge in [-0.05, 0) is 77.2 Å². The molecule has 0 spiro atoms. The first-order valence-corrected chi connectivity index (χ1v) is 25.2. The molecule has 0 aromatic heterocycles. The van der Waals surface area contributed by atoms with Gasteiger partial charge < -0.3 is 49.9 Å². The number of benzene rings is 1. The first-order chi connectivity index (χ1) is 33.1. The average molecular weight is 997 g/mol. The Morgan fingerprint density at radius 1 is 0.676 bits per heavy atom. The molecule has 1 aromatic rings. The molecule has 0 aliphatic carbocycles. The van der Waals surface area contributed by atoms with E-state index >= 15 is 0 Å². The summed E-state index contributed by atoms with van der Waals surface area (Å²) in [6.07, 6.45) is 0.290. The lowest BCUT2D eigenvalue weighted by atomic mass is 9.95. The van der Waals surface area contributed by atoms with Crippen LogP contribution in [0.15, 0.2) is 30.3 Å². The van der Waals surface area contributed by atoms with Gasteiger partial charge >= 0.3 is 0 Å². The van der Waals surface area contributed by atoms with Crippen molar-refractivity contribution >= 4 is 53.0 Å². The standard InChI is InChI=1S/C52H84N8O11/c1-33(2)26-40-46(65)53-39(49(68)60-23-18-15-19-24-60)30-44(64)55(9)25-22-43(63)57(11)41(28-36-20-16-14-17-21-36)47(66)54-45(35(5)61)51(70)56(10)31-38(62)29-37(32-71-52(6,7)8)48(67)59(13)42(27-34(3)4)50(69)58(40)12/h14,16-17,20-21,33-35,37,39-42,45,61H,15,18-19,22-32H2,1-13H3,(H,53,65)(H,54,66)/t35-,37+,39+,40+,41+,42+,45+/m1/s1. The lowest BCUT2D eigenvalue weighted by molar-refractivity contribution is -0.153. The number of carbonyl (C=O) groups is 9. The molecule has 71 heavy (non-hydrogen) atoms.